The molecule has 1 spiro atoms. The molecule has 5 heteroatoms. The van der Waals surface area contributed by atoms with Gasteiger partial charge in [-0.1, -0.05) is 37.8 Å². The highest BCUT2D eigenvalue weighted by Crippen LogP contribution is 2.33. The van der Waals surface area contributed by atoms with Crippen molar-refractivity contribution in [2.75, 3.05) is 0 Å². The minimum absolute atomic E-state index is 0.109. The number of nitrogens with zero attached hydrogens (tertiary/aromatic N) is 2. The summed E-state index contributed by atoms with van der Waals surface area (Å²) in [6.45, 7) is 0.224. The Labute approximate surface area is 129 Å². The van der Waals surface area contributed by atoms with Crippen molar-refractivity contribution in [3.8, 4) is 6.07 Å². The summed E-state index contributed by atoms with van der Waals surface area (Å²) in [5.74, 6) is -0.109. The minimum atomic E-state index is -0.694. The third-order valence-corrected chi connectivity index (χ3v) is 4.60. The standard InChI is InChI=1S/C17H19N3O2/c18-11-13-6-5-7-14(10-13)12-20-15(21)17(19-16(20)22)8-3-1-2-4-9-17/h5-7,10H,1-4,8-9,12H2,(H,19,22). The van der Waals surface area contributed by atoms with Gasteiger partial charge < -0.3 is 5.32 Å². The van der Waals surface area contributed by atoms with Gasteiger partial charge in [0.2, 0.25) is 0 Å². The summed E-state index contributed by atoms with van der Waals surface area (Å²) >= 11 is 0. The normalized spacial score (nSPS) is 20.6. The number of carbonyl (C=O) groups excluding carboxylic acids is 2. The predicted octanol–water partition coefficient (Wildman–Crippen LogP) is 2.70. The van der Waals surface area contributed by atoms with Gasteiger partial charge in [-0.2, -0.15) is 5.26 Å². The van der Waals surface area contributed by atoms with Gasteiger partial charge in [-0.15, -0.1) is 0 Å². The lowest BCUT2D eigenvalue weighted by Gasteiger charge is -2.24. The van der Waals surface area contributed by atoms with Gasteiger partial charge in [0, 0.05) is 0 Å². The molecular weight excluding hydrogens is 278 g/mol. The van der Waals surface area contributed by atoms with Crippen LogP contribution >= 0.6 is 0 Å². The molecule has 0 unspecified atom stereocenters. The zero-order chi connectivity index (χ0) is 15.6. The van der Waals surface area contributed by atoms with E-state index in [1.165, 1.54) is 4.90 Å². The van der Waals surface area contributed by atoms with Crippen molar-refractivity contribution in [1.29, 1.82) is 5.26 Å². The fraction of sp³-hybridized carbons (Fsp3) is 0.471. The van der Waals surface area contributed by atoms with Gasteiger partial charge in [-0.25, -0.2) is 4.79 Å². The number of carbonyl (C=O) groups is 2. The van der Waals surface area contributed by atoms with Crippen LogP contribution in [0.25, 0.3) is 0 Å². The zero-order valence-corrected chi connectivity index (χ0v) is 12.5. The number of nitriles is 1. The summed E-state index contributed by atoms with van der Waals surface area (Å²) in [4.78, 5) is 26.3. The molecule has 114 valence electrons. The molecule has 5 nitrogen and oxygen atoms in total. The molecule has 1 N–H and O–H groups in total. The molecule has 0 bridgehead atoms. The summed E-state index contributed by atoms with van der Waals surface area (Å²) < 4.78 is 0. The Morgan fingerprint density at radius 2 is 1.91 bits per heavy atom. The number of imide groups is 1. The van der Waals surface area contributed by atoms with Gasteiger partial charge in [-0.05, 0) is 30.5 Å². The van der Waals surface area contributed by atoms with Crippen LogP contribution in [0.4, 0.5) is 4.79 Å². The molecular formula is C17H19N3O2. The summed E-state index contributed by atoms with van der Waals surface area (Å²) in [7, 11) is 0. The molecule has 1 heterocycles. The average molecular weight is 297 g/mol. The topological polar surface area (TPSA) is 73.2 Å². The molecule has 0 atom stereocenters. The fourth-order valence-corrected chi connectivity index (χ4v) is 3.41. The van der Waals surface area contributed by atoms with E-state index in [1.807, 2.05) is 6.07 Å². The summed E-state index contributed by atoms with van der Waals surface area (Å²) in [6.07, 6.45) is 5.65. The van der Waals surface area contributed by atoms with Gasteiger partial charge in [0.05, 0.1) is 18.2 Å². The van der Waals surface area contributed by atoms with Crippen LogP contribution in [-0.2, 0) is 11.3 Å². The van der Waals surface area contributed by atoms with Crippen LogP contribution < -0.4 is 5.32 Å². The van der Waals surface area contributed by atoms with E-state index >= 15 is 0 Å². The van der Waals surface area contributed by atoms with E-state index in [2.05, 4.69) is 11.4 Å². The van der Waals surface area contributed by atoms with Gasteiger partial charge in [0.15, 0.2) is 0 Å². The van der Waals surface area contributed by atoms with Crippen LogP contribution in [0, 0.1) is 11.3 Å². The molecule has 1 aliphatic carbocycles. The van der Waals surface area contributed by atoms with E-state index in [0.29, 0.717) is 5.56 Å². The quantitative estimate of drug-likeness (QED) is 0.853. The first-order valence-corrected chi connectivity index (χ1v) is 7.78. The second kappa shape index (κ2) is 5.80. The van der Waals surface area contributed by atoms with Crippen LogP contribution in [0.5, 0.6) is 0 Å². The van der Waals surface area contributed by atoms with E-state index in [1.54, 1.807) is 18.2 Å². The first kappa shape index (κ1) is 14.6. The van der Waals surface area contributed by atoms with E-state index < -0.39 is 5.54 Å². The van der Waals surface area contributed by atoms with Crippen LogP contribution in [-0.4, -0.2) is 22.4 Å². The van der Waals surface area contributed by atoms with E-state index in [4.69, 9.17) is 5.26 Å². The fourth-order valence-electron chi connectivity index (χ4n) is 3.41. The maximum absolute atomic E-state index is 12.8. The molecule has 1 aromatic carbocycles. The van der Waals surface area contributed by atoms with Gasteiger partial charge in [0.1, 0.15) is 5.54 Å². The molecule has 1 saturated carbocycles. The van der Waals surface area contributed by atoms with Gasteiger partial charge in [0.25, 0.3) is 5.91 Å². The SMILES string of the molecule is N#Cc1cccc(CN2C(=O)NC3(CCCCCC3)C2=O)c1. The second-order valence-corrected chi connectivity index (χ2v) is 6.13. The predicted molar refractivity (Wildman–Crippen MR) is 80.7 cm³/mol. The number of nitrogens with one attached hydrogen (secondary N) is 1. The summed E-state index contributed by atoms with van der Waals surface area (Å²) in [5.41, 5.74) is 0.641. The maximum Gasteiger partial charge on any atom is 0.325 e. The van der Waals surface area contributed by atoms with Crippen molar-refractivity contribution in [3.63, 3.8) is 0 Å². The molecule has 0 radical (unpaired) electrons. The third-order valence-electron chi connectivity index (χ3n) is 4.60. The van der Waals surface area contributed by atoms with Crippen molar-refractivity contribution in [1.82, 2.24) is 10.2 Å². The lowest BCUT2D eigenvalue weighted by molar-refractivity contribution is -0.132. The van der Waals surface area contributed by atoms with Crippen LogP contribution in [0.1, 0.15) is 49.7 Å². The molecule has 1 aliphatic heterocycles. The highest BCUT2D eigenvalue weighted by molar-refractivity contribution is 6.07. The molecule has 1 aromatic rings. The number of rotatable bonds is 2. The Bertz CT molecular complexity index is 640. The molecule has 22 heavy (non-hydrogen) atoms. The smallest absolute Gasteiger partial charge is 0.323 e. The molecule has 3 amide bonds. The minimum Gasteiger partial charge on any atom is -0.323 e. The second-order valence-electron chi connectivity index (χ2n) is 6.13. The van der Waals surface area contributed by atoms with Crippen molar-refractivity contribution in [2.45, 2.75) is 50.6 Å². The van der Waals surface area contributed by atoms with Crippen molar-refractivity contribution < 1.29 is 9.59 Å². The lowest BCUT2D eigenvalue weighted by Crippen LogP contribution is -2.46. The Morgan fingerprint density at radius 1 is 1.18 bits per heavy atom. The van der Waals surface area contributed by atoms with Gasteiger partial charge in [-0.3, -0.25) is 9.69 Å². The Morgan fingerprint density at radius 3 is 2.59 bits per heavy atom. The van der Waals surface area contributed by atoms with Crippen molar-refractivity contribution >= 4 is 11.9 Å². The number of amides is 3. The largest absolute Gasteiger partial charge is 0.325 e. The molecule has 2 fully saturated rings. The zero-order valence-electron chi connectivity index (χ0n) is 12.5. The van der Waals surface area contributed by atoms with E-state index in [-0.39, 0.29) is 18.5 Å². The Hall–Kier alpha value is -2.35. The van der Waals surface area contributed by atoms with Gasteiger partial charge >= 0.3 is 6.03 Å². The van der Waals surface area contributed by atoms with Crippen LogP contribution in [0.15, 0.2) is 24.3 Å². The highest BCUT2D eigenvalue weighted by atomic mass is 16.2. The molecule has 1 saturated heterocycles. The monoisotopic (exact) mass is 297 g/mol. The molecule has 2 aliphatic rings. The Balaban J connectivity index is 1.81. The Kier molecular flexibility index (Phi) is 3.84. The third kappa shape index (κ3) is 2.57. The summed E-state index contributed by atoms with van der Waals surface area (Å²) in [5, 5.41) is 11.9. The number of hydrogen-bond acceptors (Lipinski definition) is 3. The van der Waals surface area contributed by atoms with Crippen LogP contribution in [0.3, 0.4) is 0 Å². The molecule has 0 aromatic heterocycles. The first-order chi connectivity index (χ1) is 10.6. The van der Waals surface area contributed by atoms with Crippen LogP contribution in [0.2, 0.25) is 0 Å². The van der Waals surface area contributed by atoms with E-state index in [9.17, 15) is 9.59 Å². The number of hydrogen-bond donors (Lipinski definition) is 1. The van der Waals surface area contributed by atoms with Crippen molar-refractivity contribution in [3.05, 3.63) is 35.4 Å². The maximum atomic E-state index is 12.8. The average Bonchev–Trinajstić information content (AvgIpc) is 2.71. The molecule has 3 rings (SSSR count). The first-order valence-electron chi connectivity index (χ1n) is 7.78. The lowest BCUT2D eigenvalue weighted by atomic mass is 9.90. The summed E-state index contributed by atoms with van der Waals surface area (Å²) in [6, 6.07) is 8.80. The van der Waals surface area contributed by atoms with E-state index in [0.717, 1.165) is 44.1 Å². The highest BCUT2D eigenvalue weighted by Gasteiger charge is 2.50. The number of benzene rings is 1. The van der Waals surface area contributed by atoms with Crippen molar-refractivity contribution in [2.24, 2.45) is 0 Å². The number of urea groups is 1.